The molecule has 5 heteroatoms. The van der Waals surface area contributed by atoms with E-state index in [0.717, 1.165) is 0 Å². The van der Waals surface area contributed by atoms with Gasteiger partial charge in [0.25, 0.3) is 5.56 Å². The van der Waals surface area contributed by atoms with Crippen LogP contribution in [0.2, 0.25) is 0 Å². The van der Waals surface area contributed by atoms with Gasteiger partial charge in [0.05, 0.1) is 0 Å². The Morgan fingerprint density at radius 1 is 1.41 bits per heavy atom. The zero-order valence-electron chi connectivity index (χ0n) is 10.8. The van der Waals surface area contributed by atoms with E-state index in [2.05, 4.69) is 15.3 Å². The number of carbonyl (C=O) groups excluding carboxylic acids is 1. The minimum Gasteiger partial charge on any atom is -0.354 e. The highest BCUT2D eigenvalue weighted by atomic mass is 16.1. The van der Waals surface area contributed by atoms with Crippen molar-refractivity contribution in [2.45, 2.75) is 46.6 Å². The summed E-state index contributed by atoms with van der Waals surface area (Å²) in [6.07, 6.45) is 0.736. The number of nitrogens with zero attached hydrogens (tertiary/aromatic N) is 1. The van der Waals surface area contributed by atoms with Crippen LogP contribution >= 0.6 is 0 Å². The third-order valence-corrected chi connectivity index (χ3v) is 2.39. The lowest BCUT2D eigenvalue weighted by atomic mass is 10.1. The lowest BCUT2D eigenvalue weighted by Gasteiger charge is -2.08. The molecule has 0 aliphatic rings. The number of amides is 1. The van der Waals surface area contributed by atoms with Gasteiger partial charge in [-0.2, -0.15) is 0 Å². The molecule has 0 radical (unpaired) electrons. The Bertz CT molecular complexity index is 463. The molecule has 1 heterocycles. The fourth-order valence-electron chi connectivity index (χ4n) is 1.68. The van der Waals surface area contributed by atoms with Crippen molar-refractivity contribution in [3.63, 3.8) is 0 Å². The van der Waals surface area contributed by atoms with Crippen LogP contribution in [-0.2, 0) is 11.2 Å². The summed E-state index contributed by atoms with van der Waals surface area (Å²) in [6, 6.07) is 0.123. The molecule has 1 amide bonds. The minimum atomic E-state index is -0.146. The molecule has 0 aliphatic carbocycles. The molecule has 0 atom stereocenters. The standard InChI is InChI=1S/C12H19N3O2/c1-7(2)13-11(16)6-5-10-8(3)14-9(4)15-12(10)17/h7H,5-6H2,1-4H3,(H,13,16)(H,14,15,17). The van der Waals surface area contributed by atoms with E-state index in [4.69, 9.17) is 0 Å². The molecule has 0 aromatic carbocycles. The van der Waals surface area contributed by atoms with Crippen molar-refractivity contribution in [2.24, 2.45) is 0 Å². The van der Waals surface area contributed by atoms with Crippen LogP contribution in [0.25, 0.3) is 0 Å². The molecular formula is C12H19N3O2. The zero-order chi connectivity index (χ0) is 13.0. The van der Waals surface area contributed by atoms with E-state index in [1.165, 1.54) is 0 Å². The first-order chi connectivity index (χ1) is 7.90. The molecule has 94 valence electrons. The van der Waals surface area contributed by atoms with Gasteiger partial charge in [0.2, 0.25) is 5.91 Å². The average Bonchev–Trinajstić information content (AvgIpc) is 2.14. The third kappa shape index (κ3) is 4.01. The molecule has 1 aromatic heterocycles. The first-order valence-electron chi connectivity index (χ1n) is 5.76. The van der Waals surface area contributed by atoms with Crippen LogP contribution in [0.15, 0.2) is 4.79 Å². The SMILES string of the molecule is Cc1nc(C)c(CCC(=O)NC(C)C)c(=O)[nH]1. The second-order valence-electron chi connectivity index (χ2n) is 4.44. The molecule has 17 heavy (non-hydrogen) atoms. The maximum absolute atomic E-state index is 11.7. The van der Waals surface area contributed by atoms with Crippen molar-refractivity contribution in [2.75, 3.05) is 0 Å². The van der Waals surface area contributed by atoms with Gasteiger partial charge in [0.15, 0.2) is 0 Å². The summed E-state index contributed by atoms with van der Waals surface area (Å²) in [7, 11) is 0. The molecule has 2 N–H and O–H groups in total. The van der Waals surface area contributed by atoms with Crippen molar-refractivity contribution in [3.8, 4) is 0 Å². The van der Waals surface area contributed by atoms with Crippen LogP contribution in [0.5, 0.6) is 0 Å². The number of hydrogen-bond acceptors (Lipinski definition) is 3. The van der Waals surface area contributed by atoms with Crippen molar-refractivity contribution >= 4 is 5.91 Å². The van der Waals surface area contributed by atoms with Crippen LogP contribution in [0.4, 0.5) is 0 Å². The number of rotatable bonds is 4. The maximum atomic E-state index is 11.7. The number of aryl methyl sites for hydroxylation is 2. The van der Waals surface area contributed by atoms with Gasteiger partial charge in [-0.05, 0) is 34.1 Å². The van der Waals surface area contributed by atoms with E-state index in [0.29, 0.717) is 29.9 Å². The van der Waals surface area contributed by atoms with Crippen LogP contribution < -0.4 is 10.9 Å². The molecule has 1 rings (SSSR count). The molecule has 1 aromatic rings. The smallest absolute Gasteiger partial charge is 0.254 e. The second-order valence-corrected chi connectivity index (χ2v) is 4.44. The first-order valence-corrected chi connectivity index (χ1v) is 5.76. The van der Waals surface area contributed by atoms with E-state index in [-0.39, 0.29) is 17.5 Å². The molecule has 0 unspecified atom stereocenters. The second kappa shape index (κ2) is 5.61. The molecule has 0 saturated heterocycles. The van der Waals surface area contributed by atoms with Crippen molar-refractivity contribution < 1.29 is 4.79 Å². The quantitative estimate of drug-likeness (QED) is 0.815. The number of aromatic nitrogens is 2. The van der Waals surface area contributed by atoms with Gasteiger partial charge in [0.1, 0.15) is 5.82 Å². The topological polar surface area (TPSA) is 74.8 Å². The number of H-pyrrole nitrogens is 1. The summed E-state index contributed by atoms with van der Waals surface area (Å²) >= 11 is 0. The Morgan fingerprint density at radius 3 is 2.59 bits per heavy atom. The van der Waals surface area contributed by atoms with E-state index in [1.54, 1.807) is 13.8 Å². The molecule has 0 aliphatic heterocycles. The summed E-state index contributed by atoms with van der Waals surface area (Å²) in [6.45, 7) is 7.34. The average molecular weight is 237 g/mol. The lowest BCUT2D eigenvalue weighted by molar-refractivity contribution is -0.121. The summed E-state index contributed by atoms with van der Waals surface area (Å²) in [5.74, 6) is 0.558. The summed E-state index contributed by atoms with van der Waals surface area (Å²) in [5.41, 5.74) is 1.14. The van der Waals surface area contributed by atoms with Gasteiger partial charge in [-0.15, -0.1) is 0 Å². The number of hydrogen-bond donors (Lipinski definition) is 2. The maximum Gasteiger partial charge on any atom is 0.254 e. The van der Waals surface area contributed by atoms with E-state index in [1.807, 2.05) is 13.8 Å². The fourth-order valence-corrected chi connectivity index (χ4v) is 1.68. The minimum absolute atomic E-state index is 0.0422. The van der Waals surface area contributed by atoms with Crippen LogP contribution in [-0.4, -0.2) is 21.9 Å². The van der Waals surface area contributed by atoms with E-state index < -0.39 is 0 Å². The molecule has 0 saturated carbocycles. The molecule has 0 spiro atoms. The normalized spacial score (nSPS) is 10.6. The largest absolute Gasteiger partial charge is 0.354 e. The number of aromatic amines is 1. The Kier molecular flexibility index (Phi) is 4.43. The van der Waals surface area contributed by atoms with Crippen LogP contribution in [0, 0.1) is 13.8 Å². The summed E-state index contributed by atoms with van der Waals surface area (Å²) in [5, 5.41) is 2.79. The van der Waals surface area contributed by atoms with Gasteiger partial charge < -0.3 is 10.3 Å². The fraction of sp³-hybridized carbons (Fsp3) is 0.583. The van der Waals surface area contributed by atoms with Crippen molar-refractivity contribution in [1.29, 1.82) is 0 Å². The number of carbonyl (C=O) groups is 1. The highest BCUT2D eigenvalue weighted by molar-refractivity contribution is 5.76. The Hall–Kier alpha value is -1.65. The van der Waals surface area contributed by atoms with Crippen molar-refractivity contribution in [1.82, 2.24) is 15.3 Å². The summed E-state index contributed by atoms with van der Waals surface area (Å²) in [4.78, 5) is 30.0. The summed E-state index contributed by atoms with van der Waals surface area (Å²) < 4.78 is 0. The Balaban J connectivity index is 2.70. The predicted molar refractivity (Wildman–Crippen MR) is 65.9 cm³/mol. The Labute approximate surface area is 101 Å². The Morgan fingerprint density at radius 2 is 2.06 bits per heavy atom. The van der Waals surface area contributed by atoms with Crippen molar-refractivity contribution in [3.05, 3.63) is 27.4 Å². The van der Waals surface area contributed by atoms with Crippen LogP contribution in [0.3, 0.4) is 0 Å². The van der Waals surface area contributed by atoms with Gasteiger partial charge in [-0.25, -0.2) is 4.98 Å². The lowest BCUT2D eigenvalue weighted by Crippen LogP contribution is -2.31. The molecular weight excluding hydrogens is 218 g/mol. The number of nitrogens with one attached hydrogen (secondary N) is 2. The highest BCUT2D eigenvalue weighted by Gasteiger charge is 2.09. The van der Waals surface area contributed by atoms with Gasteiger partial charge in [-0.3, -0.25) is 9.59 Å². The zero-order valence-corrected chi connectivity index (χ0v) is 10.8. The first kappa shape index (κ1) is 13.4. The highest BCUT2D eigenvalue weighted by Crippen LogP contribution is 2.02. The molecule has 5 nitrogen and oxygen atoms in total. The van der Waals surface area contributed by atoms with E-state index in [9.17, 15) is 9.59 Å². The van der Waals surface area contributed by atoms with E-state index >= 15 is 0 Å². The third-order valence-electron chi connectivity index (χ3n) is 2.39. The monoisotopic (exact) mass is 237 g/mol. The van der Waals surface area contributed by atoms with Gasteiger partial charge in [0, 0.05) is 23.7 Å². The predicted octanol–water partition coefficient (Wildman–Crippen LogP) is 0.844. The van der Waals surface area contributed by atoms with Gasteiger partial charge in [-0.1, -0.05) is 0 Å². The van der Waals surface area contributed by atoms with Gasteiger partial charge >= 0.3 is 0 Å². The van der Waals surface area contributed by atoms with Crippen LogP contribution in [0.1, 0.15) is 37.4 Å². The molecule has 0 fully saturated rings. The molecule has 0 bridgehead atoms.